The normalized spacial score (nSPS) is 38.1. The van der Waals surface area contributed by atoms with E-state index in [2.05, 4.69) is 24.1 Å². The molecule has 3 nitrogen and oxygen atoms in total. The van der Waals surface area contributed by atoms with Crippen LogP contribution in [0, 0.1) is 11.8 Å². The minimum atomic E-state index is 0.299. The maximum atomic E-state index is 11.7. The molecule has 1 saturated carbocycles. The van der Waals surface area contributed by atoms with E-state index in [1.165, 1.54) is 19.3 Å². The van der Waals surface area contributed by atoms with Gasteiger partial charge in [-0.1, -0.05) is 13.8 Å². The van der Waals surface area contributed by atoms with Crippen molar-refractivity contribution in [2.75, 3.05) is 19.6 Å². The highest BCUT2D eigenvalue weighted by Gasteiger charge is 2.31. The first-order chi connectivity index (χ1) is 7.18. The fourth-order valence-electron chi connectivity index (χ4n) is 2.81. The summed E-state index contributed by atoms with van der Waals surface area (Å²) in [5.74, 6) is 1.90. The molecule has 0 aromatic heterocycles. The summed E-state index contributed by atoms with van der Waals surface area (Å²) in [5, 5.41) is 3.13. The number of hydrogen-bond acceptors (Lipinski definition) is 2. The lowest BCUT2D eigenvalue weighted by Crippen LogP contribution is -2.53. The largest absolute Gasteiger partial charge is 0.337 e. The van der Waals surface area contributed by atoms with Gasteiger partial charge in [0.25, 0.3) is 0 Å². The van der Waals surface area contributed by atoms with Gasteiger partial charge in [-0.3, -0.25) is 4.79 Å². The number of hydrogen-bond donors (Lipinski definition) is 1. The van der Waals surface area contributed by atoms with Crippen LogP contribution >= 0.6 is 0 Å². The Kier molecular flexibility index (Phi) is 3.29. The van der Waals surface area contributed by atoms with Crippen molar-refractivity contribution >= 4 is 5.91 Å². The van der Waals surface area contributed by atoms with E-state index in [9.17, 15) is 4.79 Å². The van der Waals surface area contributed by atoms with Crippen molar-refractivity contribution in [2.24, 2.45) is 11.8 Å². The Morgan fingerprint density at radius 1 is 1.27 bits per heavy atom. The minimum Gasteiger partial charge on any atom is -0.337 e. The van der Waals surface area contributed by atoms with Crippen molar-refractivity contribution in [1.29, 1.82) is 0 Å². The lowest BCUT2D eigenvalue weighted by Gasteiger charge is -2.41. The summed E-state index contributed by atoms with van der Waals surface area (Å²) in [4.78, 5) is 13.9. The van der Waals surface area contributed by atoms with Crippen LogP contribution in [0.1, 0.15) is 33.1 Å². The number of nitrogens with zero attached hydrogens (tertiary/aromatic N) is 1. The average molecular weight is 210 g/mol. The number of amides is 1. The molecule has 2 fully saturated rings. The standard InChI is InChI=1S/C12H22N2O/c1-9-3-4-11(7-10(9)2)14-6-5-13-8-12(14)15/h9-11,13H,3-8H2,1-2H3. The van der Waals surface area contributed by atoms with Crippen LogP contribution in [0.3, 0.4) is 0 Å². The van der Waals surface area contributed by atoms with E-state index in [4.69, 9.17) is 0 Å². The molecule has 0 spiro atoms. The van der Waals surface area contributed by atoms with Gasteiger partial charge in [0.2, 0.25) is 5.91 Å². The summed E-state index contributed by atoms with van der Waals surface area (Å²) >= 11 is 0. The molecule has 1 N–H and O–H groups in total. The zero-order valence-electron chi connectivity index (χ0n) is 9.83. The van der Waals surface area contributed by atoms with Crippen molar-refractivity contribution in [2.45, 2.75) is 39.2 Å². The number of piperazine rings is 1. The second-order valence-electron chi connectivity index (χ2n) is 5.19. The second kappa shape index (κ2) is 4.52. The number of carbonyl (C=O) groups excluding carboxylic acids is 1. The van der Waals surface area contributed by atoms with Crippen molar-refractivity contribution in [3.63, 3.8) is 0 Å². The average Bonchev–Trinajstić information content (AvgIpc) is 2.23. The quantitative estimate of drug-likeness (QED) is 0.706. The molecular weight excluding hydrogens is 188 g/mol. The van der Waals surface area contributed by atoms with Crippen molar-refractivity contribution in [3.8, 4) is 0 Å². The van der Waals surface area contributed by atoms with Crippen molar-refractivity contribution in [3.05, 3.63) is 0 Å². The second-order valence-corrected chi connectivity index (χ2v) is 5.19. The molecule has 2 aliphatic rings. The van der Waals surface area contributed by atoms with Gasteiger partial charge in [-0.2, -0.15) is 0 Å². The van der Waals surface area contributed by atoms with E-state index in [1.807, 2.05) is 0 Å². The van der Waals surface area contributed by atoms with Gasteiger partial charge in [0.05, 0.1) is 6.54 Å². The van der Waals surface area contributed by atoms with Gasteiger partial charge in [-0.05, 0) is 31.1 Å². The summed E-state index contributed by atoms with van der Waals surface area (Å²) in [7, 11) is 0. The summed E-state index contributed by atoms with van der Waals surface area (Å²) in [6.07, 6.45) is 3.69. The third-order valence-electron chi connectivity index (χ3n) is 4.14. The van der Waals surface area contributed by atoms with E-state index >= 15 is 0 Å². The van der Waals surface area contributed by atoms with Crippen LogP contribution in [-0.2, 0) is 4.79 Å². The molecular formula is C12H22N2O. The fourth-order valence-corrected chi connectivity index (χ4v) is 2.81. The van der Waals surface area contributed by atoms with Gasteiger partial charge in [0.1, 0.15) is 0 Å². The molecule has 1 saturated heterocycles. The molecule has 1 heterocycles. The number of carbonyl (C=O) groups is 1. The Morgan fingerprint density at radius 2 is 2.07 bits per heavy atom. The number of nitrogens with one attached hydrogen (secondary N) is 1. The highest BCUT2D eigenvalue weighted by atomic mass is 16.2. The van der Waals surface area contributed by atoms with E-state index in [0.717, 1.165) is 24.9 Å². The Balaban J connectivity index is 1.95. The Labute approximate surface area is 92.2 Å². The smallest absolute Gasteiger partial charge is 0.236 e. The van der Waals surface area contributed by atoms with E-state index in [1.54, 1.807) is 0 Å². The van der Waals surface area contributed by atoms with Crippen LogP contribution in [0.4, 0.5) is 0 Å². The molecule has 86 valence electrons. The summed E-state index contributed by atoms with van der Waals surface area (Å²) in [6, 6.07) is 0.519. The van der Waals surface area contributed by atoms with Crippen LogP contribution in [0.2, 0.25) is 0 Å². The van der Waals surface area contributed by atoms with E-state index < -0.39 is 0 Å². The zero-order valence-corrected chi connectivity index (χ0v) is 9.83. The van der Waals surface area contributed by atoms with Crippen molar-refractivity contribution in [1.82, 2.24) is 10.2 Å². The SMILES string of the molecule is CC1CCC(N2CCNCC2=O)CC1C. The van der Waals surface area contributed by atoms with E-state index in [0.29, 0.717) is 18.5 Å². The van der Waals surface area contributed by atoms with Crippen LogP contribution in [0.15, 0.2) is 0 Å². The molecule has 0 radical (unpaired) electrons. The first kappa shape index (κ1) is 10.9. The Morgan fingerprint density at radius 3 is 2.73 bits per heavy atom. The molecule has 3 unspecified atom stereocenters. The minimum absolute atomic E-state index is 0.299. The van der Waals surface area contributed by atoms with Gasteiger partial charge in [-0.25, -0.2) is 0 Å². The molecule has 0 aromatic rings. The third kappa shape index (κ3) is 2.33. The summed E-state index contributed by atoms with van der Waals surface area (Å²) in [6.45, 7) is 7.07. The highest BCUT2D eigenvalue weighted by Crippen LogP contribution is 2.32. The first-order valence-electron chi connectivity index (χ1n) is 6.18. The maximum Gasteiger partial charge on any atom is 0.236 e. The van der Waals surface area contributed by atoms with Gasteiger partial charge in [0.15, 0.2) is 0 Å². The number of rotatable bonds is 1. The van der Waals surface area contributed by atoms with Crippen LogP contribution in [0.5, 0.6) is 0 Å². The lowest BCUT2D eigenvalue weighted by atomic mass is 9.78. The van der Waals surface area contributed by atoms with E-state index in [-0.39, 0.29) is 0 Å². The van der Waals surface area contributed by atoms with Crippen molar-refractivity contribution < 1.29 is 4.79 Å². The molecule has 0 bridgehead atoms. The molecule has 2 rings (SSSR count). The van der Waals surface area contributed by atoms with Gasteiger partial charge in [-0.15, -0.1) is 0 Å². The molecule has 15 heavy (non-hydrogen) atoms. The summed E-state index contributed by atoms with van der Waals surface area (Å²) < 4.78 is 0. The fraction of sp³-hybridized carbons (Fsp3) is 0.917. The van der Waals surface area contributed by atoms with Crippen LogP contribution in [-0.4, -0.2) is 36.5 Å². The highest BCUT2D eigenvalue weighted by molar-refractivity contribution is 5.79. The third-order valence-corrected chi connectivity index (χ3v) is 4.14. The van der Waals surface area contributed by atoms with Crippen LogP contribution in [0.25, 0.3) is 0 Å². The summed E-state index contributed by atoms with van der Waals surface area (Å²) in [5.41, 5.74) is 0. The monoisotopic (exact) mass is 210 g/mol. The zero-order chi connectivity index (χ0) is 10.8. The van der Waals surface area contributed by atoms with Gasteiger partial charge in [0, 0.05) is 19.1 Å². The molecule has 0 aromatic carbocycles. The van der Waals surface area contributed by atoms with Gasteiger partial charge >= 0.3 is 0 Å². The molecule has 1 aliphatic carbocycles. The molecule has 1 aliphatic heterocycles. The maximum absolute atomic E-state index is 11.7. The predicted molar refractivity (Wildman–Crippen MR) is 60.5 cm³/mol. The molecule has 3 heteroatoms. The lowest BCUT2D eigenvalue weighted by molar-refractivity contribution is -0.135. The van der Waals surface area contributed by atoms with Gasteiger partial charge < -0.3 is 10.2 Å². The molecule has 3 atom stereocenters. The Hall–Kier alpha value is -0.570. The molecule has 1 amide bonds. The van der Waals surface area contributed by atoms with Crippen LogP contribution < -0.4 is 5.32 Å². The topological polar surface area (TPSA) is 32.3 Å². The Bertz CT molecular complexity index is 242. The predicted octanol–water partition coefficient (Wildman–Crippen LogP) is 1.24. The first-order valence-corrected chi connectivity index (χ1v) is 6.18.